The maximum atomic E-state index is 12.0. The smallest absolute Gasteiger partial charge is 0.246 e. The van der Waals surface area contributed by atoms with E-state index in [2.05, 4.69) is 10.2 Å². The van der Waals surface area contributed by atoms with Crippen molar-refractivity contribution in [3.8, 4) is 0 Å². The van der Waals surface area contributed by atoms with Crippen LogP contribution in [0.25, 0.3) is 0 Å². The van der Waals surface area contributed by atoms with Crippen LogP contribution in [0.1, 0.15) is 12.1 Å². The lowest BCUT2D eigenvalue weighted by Crippen LogP contribution is -2.30. The Morgan fingerprint density at radius 2 is 2.31 bits per heavy atom. The van der Waals surface area contributed by atoms with E-state index >= 15 is 0 Å². The fourth-order valence-electron chi connectivity index (χ4n) is 1.17. The van der Waals surface area contributed by atoms with E-state index in [9.17, 15) is 8.42 Å². The summed E-state index contributed by atoms with van der Waals surface area (Å²) in [5.41, 5.74) is 5.67. The number of nitrogens with two attached hydrogens (primary N) is 1. The van der Waals surface area contributed by atoms with Crippen molar-refractivity contribution in [3.05, 3.63) is 11.9 Å². The molecule has 0 amide bonds. The number of rotatable bonds is 5. The second kappa shape index (κ2) is 4.62. The summed E-state index contributed by atoms with van der Waals surface area (Å²) in [6.45, 7) is 1.82. The number of amidine groups is 1. The molecule has 0 spiro atoms. The van der Waals surface area contributed by atoms with Crippen molar-refractivity contribution in [2.45, 2.75) is 18.2 Å². The van der Waals surface area contributed by atoms with E-state index in [1.165, 1.54) is 13.2 Å². The molecule has 16 heavy (non-hydrogen) atoms. The van der Waals surface area contributed by atoms with Crippen LogP contribution < -0.4 is 5.73 Å². The second-order valence-corrected chi connectivity index (χ2v) is 5.47. The Balaban J connectivity index is 2.86. The minimum absolute atomic E-state index is 0.0361. The highest BCUT2D eigenvalue weighted by Crippen LogP contribution is 2.16. The van der Waals surface area contributed by atoms with Gasteiger partial charge in [0.05, 0.1) is 17.7 Å². The Morgan fingerprint density at radius 3 is 2.75 bits per heavy atom. The van der Waals surface area contributed by atoms with Gasteiger partial charge < -0.3 is 5.73 Å². The van der Waals surface area contributed by atoms with Crippen LogP contribution in [-0.4, -0.2) is 42.3 Å². The molecule has 0 bridgehead atoms. The minimum Gasteiger partial charge on any atom is -0.388 e. The molecular weight excluding hydrogens is 230 g/mol. The number of hydrogen-bond acceptors (Lipinski definition) is 4. The highest BCUT2D eigenvalue weighted by atomic mass is 32.2. The predicted molar refractivity (Wildman–Crippen MR) is 59.7 cm³/mol. The van der Waals surface area contributed by atoms with Crippen molar-refractivity contribution in [3.63, 3.8) is 0 Å². The van der Waals surface area contributed by atoms with Crippen molar-refractivity contribution in [1.82, 2.24) is 14.5 Å². The number of sulfonamides is 1. The van der Waals surface area contributed by atoms with Gasteiger partial charge in [0.15, 0.2) is 0 Å². The quantitative estimate of drug-likeness (QED) is 0.486. The molecule has 0 atom stereocenters. The van der Waals surface area contributed by atoms with Crippen LogP contribution in [0.4, 0.5) is 0 Å². The standard InChI is InChI=1S/C8H15N5O2S/c1-6-7(5-11-12-6)16(14,15)13(2)4-3-8(9)10/h5H,3-4H2,1-2H3,(H3,9,10)(H,11,12). The van der Waals surface area contributed by atoms with Gasteiger partial charge in [-0.15, -0.1) is 0 Å². The average molecular weight is 245 g/mol. The van der Waals surface area contributed by atoms with E-state index in [0.29, 0.717) is 5.69 Å². The van der Waals surface area contributed by atoms with Gasteiger partial charge in [-0.1, -0.05) is 0 Å². The third kappa shape index (κ3) is 2.58. The number of nitrogens with zero attached hydrogens (tertiary/aromatic N) is 2. The van der Waals surface area contributed by atoms with Crippen molar-refractivity contribution in [2.24, 2.45) is 5.73 Å². The number of aryl methyl sites for hydroxylation is 1. The Hall–Kier alpha value is -1.41. The van der Waals surface area contributed by atoms with Gasteiger partial charge in [0.2, 0.25) is 10.0 Å². The molecule has 0 fully saturated rings. The summed E-state index contributed by atoms with van der Waals surface area (Å²) in [6, 6.07) is 0. The lowest BCUT2D eigenvalue weighted by Gasteiger charge is -2.15. The van der Waals surface area contributed by atoms with E-state index in [4.69, 9.17) is 11.1 Å². The zero-order chi connectivity index (χ0) is 12.3. The van der Waals surface area contributed by atoms with Gasteiger partial charge >= 0.3 is 0 Å². The monoisotopic (exact) mass is 245 g/mol. The van der Waals surface area contributed by atoms with Crippen LogP contribution in [0, 0.1) is 12.3 Å². The molecule has 0 aliphatic carbocycles. The molecule has 7 nitrogen and oxygen atoms in total. The lowest BCUT2D eigenvalue weighted by molar-refractivity contribution is 0.477. The van der Waals surface area contributed by atoms with E-state index < -0.39 is 10.0 Å². The van der Waals surface area contributed by atoms with Crippen LogP contribution in [-0.2, 0) is 10.0 Å². The summed E-state index contributed by atoms with van der Waals surface area (Å²) in [4.78, 5) is 0.151. The summed E-state index contributed by atoms with van der Waals surface area (Å²) in [5, 5.41) is 13.3. The predicted octanol–water partition coefficient (Wildman–Crippen LogP) is -0.335. The fraction of sp³-hybridized carbons (Fsp3) is 0.500. The number of hydrogen-bond donors (Lipinski definition) is 3. The fourth-order valence-corrected chi connectivity index (χ4v) is 2.45. The Morgan fingerprint density at radius 1 is 1.69 bits per heavy atom. The molecule has 0 unspecified atom stereocenters. The second-order valence-electron chi connectivity index (χ2n) is 3.46. The highest BCUT2D eigenvalue weighted by molar-refractivity contribution is 7.89. The van der Waals surface area contributed by atoms with Crippen LogP contribution in [0.15, 0.2) is 11.1 Å². The first-order chi connectivity index (χ1) is 7.35. The first kappa shape index (κ1) is 12.7. The third-order valence-corrected chi connectivity index (χ3v) is 4.14. The van der Waals surface area contributed by atoms with Crippen LogP contribution in [0.3, 0.4) is 0 Å². The summed E-state index contributed by atoms with van der Waals surface area (Å²) in [5.74, 6) is -0.0361. The Kier molecular flexibility index (Phi) is 3.66. The van der Waals surface area contributed by atoms with Crippen LogP contribution in [0.5, 0.6) is 0 Å². The number of aromatic amines is 1. The molecule has 8 heteroatoms. The molecular formula is C8H15N5O2S. The molecule has 90 valence electrons. The van der Waals surface area contributed by atoms with Crippen molar-refractivity contribution < 1.29 is 8.42 Å². The molecule has 0 aromatic carbocycles. The van der Waals surface area contributed by atoms with Gasteiger partial charge in [0.25, 0.3) is 0 Å². The SMILES string of the molecule is Cc1[nH]ncc1S(=O)(=O)N(C)CCC(=N)N. The van der Waals surface area contributed by atoms with E-state index in [-0.39, 0.29) is 23.7 Å². The highest BCUT2D eigenvalue weighted by Gasteiger charge is 2.23. The number of H-pyrrole nitrogens is 1. The summed E-state index contributed by atoms with van der Waals surface area (Å²) < 4.78 is 25.1. The van der Waals surface area contributed by atoms with Gasteiger partial charge in [-0.3, -0.25) is 10.5 Å². The molecule has 0 aliphatic rings. The average Bonchev–Trinajstić information content (AvgIpc) is 2.61. The van der Waals surface area contributed by atoms with Gasteiger partial charge in [-0.2, -0.15) is 5.10 Å². The van der Waals surface area contributed by atoms with Crippen LogP contribution in [0.2, 0.25) is 0 Å². The first-order valence-corrected chi connectivity index (χ1v) is 6.09. The zero-order valence-electron chi connectivity index (χ0n) is 9.19. The molecule has 0 saturated carbocycles. The van der Waals surface area contributed by atoms with E-state index in [1.807, 2.05) is 0 Å². The molecule has 0 aliphatic heterocycles. The molecule has 1 aromatic rings. The van der Waals surface area contributed by atoms with Gasteiger partial charge in [-0.05, 0) is 6.92 Å². The summed E-state index contributed by atoms with van der Waals surface area (Å²) in [6.07, 6.45) is 1.49. The molecule has 1 aromatic heterocycles. The third-order valence-electron chi connectivity index (χ3n) is 2.17. The number of aromatic nitrogens is 2. The van der Waals surface area contributed by atoms with E-state index in [0.717, 1.165) is 4.31 Å². The minimum atomic E-state index is -3.53. The molecule has 0 saturated heterocycles. The molecule has 1 heterocycles. The zero-order valence-corrected chi connectivity index (χ0v) is 10.0. The topological polar surface area (TPSA) is 116 Å². The van der Waals surface area contributed by atoms with Gasteiger partial charge in [-0.25, -0.2) is 12.7 Å². The largest absolute Gasteiger partial charge is 0.388 e. The maximum absolute atomic E-state index is 12.0. The molecule has 0 radical (unpaired) electrons. The van der Waals surface area contributed by atoms with Crippen molar-refractivity contribution in [2.75, 3.05) is 13.6 Å². The van der Waals surface area contributed by atoms with E-state index in [1.54, 1.807) is 6.92 Å². The Bertz CT molecular complexity index is 478. The van der Waals surface area contributed by atoms with Crippen LogP contribution >= 0.6 is 0 Å². The normalized spacial score (nSPS) is 11.9. The van der Waals surface area contributed by atoms with Gasteiger partial charge in [0, 0.05) is 20.0 Å². The Labute approximate surface area is 94.2 Å². The van der Waals surface area contributed by atoms with Crippen molar-refractivity contribution >= 4 is 15.9 Å². The molecule has 1 rings (SSSR count). The summed E-state index contributed by atoms with van der Waals surface area (Å²) >= 11 is 0. The maximum Gasteiger partial charge on any atom is 0.246 e. The number of nitrogens with one attached hydrogen (secondary N) is 2. The summed E-state index contributed by atoms with van der Waals surface area (Å²) in [7, 11) is -2.09. The van der Waals surface area contributed by atoms with Gasteiger partial charge in [0.1, 0.15) is 4.90 Å². The lowest BCUT2D eigenvalue weighted by atomic mass is 10.4. The first-order valence-electron chi connectivity index (χ1n) is 4.65. The van der Waals surface area contributed by atoms with Crippen molar-refractivity contribution in [1.29, 1.82) is 5.41 Å². The molecule has 4 N–H and O–H groups in total.